The Labute approximate surface area is 98.5 Å². The lowest BCUT2D eigenvalue weighted by Crippen LogP contribution is -2.39. The fourth-order valence-corrected chi connectivity index (χ4v) is 1.68. The van der Waals surface area contributed by atoms with Gasteiger partial charge in [-0.25, -0.2) is 0 Å². The van der Waals surface area contributed by atoms with Crippen molar-refractivity contribution in [3.05, 3.63) is 12.2 Å². The van der Waals surface area contributed by atoms with Crippen LogP contribution in [0.4, 0.5) is 13.2 Å². The van der Waals surface area contributed by atoms with Gasteiger partial charge in [0.2, 0.25) is 5.91 Å². The number of rotatable bonds is 5. The van der Waals surface area contributed by atoms with Crippen LogP contribution in [0.2, 0.25) is 0 Å². The third-order valence-corrected chi connectivity index (χ3v) is 2.58. The van der Waals surface area contributed by atoms with Crippen LogP contribution >= 0.6 is 0 Å². The smallest absolute Gasteiger partial charge is 0.355 e. The fourth-order valence-electron chi connectivity index (χ4n) is 1.68. The second-order valence-corrected chi connectivity index (χ2v) is 4.17. The van der Waals surface area contributed by atoms with E-state index in [4.69, 9.17) is 0 Å². The van der Waals surface area contributed by atoms with Gasteiger partial charge in [0.1, 0.15) is 0 Å². The molecule has 0 radical (unpaired) electrons. The molecule has 0 heterocycles. The lowest BCUT2D eigenvalue weighted by molar-refractivity contribution is -0.128. The lowest BCUT2D eigenvalue weighted by atomic mass is 9.94. The minimum Gasteiger partial charge on any atom is -0.355 e. The normalized spacial score (nSPS) is 20.3. The second kappa shape index (κ2) is 6.64. The van der Waals surface area contributed by atoms with Crippen molar-refractivity contribution in [2.24, 2.45) is 5.92 Å². The maximum absolute atomic E-state index is 11.8. The van der Waals surface area contributed by atoms with Gasteiger partial charge in [0.25, 0.3) is 0 Å². The Hall–Kier alpha value is -1.04. The quantitative estimate of drug-likeness (QED) is 0.728. The predicted octanol–water partition coefficient (Wildman–Crippen LogP) is 1.61. The zero-order valence-electron chi connectivity index (χ0n) is 9.52. The summed E-state index contributed by atoms with van der Waals surface area (Å²) in [6.07, 6.45) is 2.86. The van der Waals surface area contributed by atoms with Crippen LogP contribution in [0.1, 0.15) is 19.3 Å². The Bertz CT molecular complexity index is 276. The molecule has 1 aliphatic rings. The highest BCUT2D eigenvalue weighted by Gasteiger charge is 2.26. The van der Waals surface area contributed by atoms with Crippen molar-refractivity contribution in [1.29, 1.82) is 0 Å². The molecule has 1 rings (SSSR count). The number of hydrogen-bond donors (Lipinski definition) is 2. The number of halogens is 3. The number of alkyl halides is 3. The molecule has 0 aromatic rings. The maximum Gasteiger partial charge on any atom is 0.401 e. The first kappa shape index (κ1) is 14.0. The van der Waals surface area contributed by atoms with Crippen LogP contribution in [-0.4, -0.2) is 31.7 Å². The van der Waals surface area contributed by atoms with E-state index in [1.807, 2.05) is 0 Å². The van der Waals surface area contributed by atoms with E-state index in [1.165, 1.54) is 0 Å². The minimum absolute atomic E-state index is 0.290. The van der Waals surface area contributed by atoms with E-state index in [0.717, 1.165) is 19.3 Å². The molecule has 0 saturated carbocycles. The standard InChI is InChI=1S/C11H17F3N2O/c12-11(13,14)8-15-7-10(17)16-6-9-4-2-1-3-5-9/h1-2,9,15H,3-8H2,(H,16,17). The van der Waals surface area contributed by atoms with E-state index in [0.29, 0.717) is 12.5 Å². The molecule has 17 heavy (non-hydrogen) atoms. The first-order valence-corrected chi connectivity index (χ1v) is 5.66. The molecule has 1 aliphatic carbocycles. The topological polar surface area (TPSA) is 41.1 Å². The summed E-state index contributed by atoms with van der Waals surface area (Å²) in [7, 11) is 0. The van der Waals surface area contributed by atoms with Gasteiger partial charge in [-0.2, -0.15) is 13.2 Å². The van der Waals surface area contributed by atoms with Gasteiger partial charge < -0.3 is 10.6 Å². The molecule has 3 nitrogen and oxygen atoms in total. The first-order valence-electron chi connectivity index (χ1n) is 5.66. The van der Waals surface area contributed by atoms with Gasteiger partial charge in [-0.1, -0.05) is 12.2 Å². The third kappa shape index (κ3) is 6.99. The van der Waals surface area contributed by atoms with Crippen LogP contribution in [0.3, 0.4) is 0 Å². The average Bonchev–Trinajstić information content (AvgIpc) is 2.26. The molecule has 1 atom stereocenters. The Kier molecular flexibility index (Phi) is 5.47. The number of nitrogens with one attached hydrogen (secondary N) is 2. The van der Waals surface area contributed by atoms with Crippen molar-refractivity contribution < 1.29 is 18.0 Å². The van der Waals surface area contributed by atoms with Crippen molar-refractivity contribution in [3.63, 3.8) is 0 Å². The number of allylic oxidation sites excluding steroid dienone is 2. The monoisotopic (exact) mass is 250 g/mol. The molecule has 98 valence electrons. The van der Waals surface area contributed by atoms with Crippen LogP contribution in [-0.2, 0) is 4.79 Å². The van der Waals surface area contributed by atoms with Crippen LogP contribution in [0.25, 0.3) is 0 Å². The molecule has 0 fully saturated rings. The average molecular weight is 250 g/mol. The SMILES string of the molecule is O=C(CNCC(F)(F)F)NCC1CC=CCC1. The zero-order valence-corrected chi connectivity index (χ0v) is 9.52. The Morgan fingerprint density at radius 2 is 2.12 bits per heavy atom. The van der Waals surface area contributed by atoms with E-state index in [1.54, 1.807) is 0 Å². The van der Waals surface area contributed by atoms with E-state index in [-0.39, 0.29) is 12.5 Å². The van der Waals surface area contributed by atoms with Gasteiger partial charge in [0, 0.05) is 6.54 Å². The Balaban J connectivity index is 2.07. The van der Waals surface area contributed by atoms with Crippen molar-refractivity contribution in [3.8, 4) is 0 Å². The molecular formula is C11H17F3N2O. The van der Waals surface area contributed by atoms with Crippen molar-refractivity contribution in [2.75, 3.05) is 19.6 Å². The van der Waals surface area contributed by atoms with E-state index in [9.17, 15) is 18.0 Å². The van der Waals surface area contributed by atoms with Crippen LogP contribution < -0.4 is 10.6 Å². The minimum atomic E-state index is -4.27. The molecule has 1 unspecified atom stereocenters. The van der Waals surface area contributed by atoms with Crippen molar-refractivity contribution >= 4 is 5.91 Å². The molecular weight excluding hydrogens is 233 g/mol. The largest absolute Gasteiger partial charge is 0.401 e. The Morgan fingerprint density at radius 1 is 1.35 bits per heavy atom. The second-order valence-electron chi connectivity index (χ2n) is 4.17. The first-order chi connectivity index (χ1) is 7.97. The fraction of sp³-hybridized carbons (Fsp3) is 0.727. The van der Waals surface area contributed by atoms with Crippen molar-refractivity contribution in [2.45, 2.75) is 25.4 Å². The third-order valence-electron chi connectivity index (χ3n) is 2.58. The summed E-state index contributed by atoms with van der Waals surface area (Å²) in [5.74, 6) is 0.0235. The van der Waals surface area contributed by atoms with E-state index in [2.05, 4.69) is 22.8 Å². The number of amides is 1. The lowest BCUT2D eigenvalue weighted by Gasteiger charge is -2.18. The number of carbonyl (C=O) groups is 1. The van der Waals surface area contributed by atoms with Gasteiger partial charge >= 0.3 is 6.18 Å². The van der Waals surface area contributed by atoms with Gasteiger partial charge in [-0.15, -0.1) is 0 Å². The molecule has 6 heteroatoms. The van der Waals surface area contributed by atoms with Gasteiger partial charge in [-0.05, 0) is 25.2 Å². The van der Waals surface area contributed by atoms with Gasteiger partial charge in [0.05, 0.1) is 13.1 Å². The summed E-state index contributed by atoms with van der Waals surface area (Å²) < 4.78 is 35.3. The Morgan fingerprint density at radius 3 is 2.71 bits per heavy atom. The highest BCUT2D eigenvalue weighted by atomic mass is 19.4. The molecule has 0 aromatic carbocycles. The van der Waals surface area contributed by atoms with E-state index < -0.39 is 12.7 Å². The molecule has 0 bridgehead atoms. The number of carbonyl (C=O) groups excluding carboxylic acids is 1. The van der Waals surface area contributed by atoms with Crippen LogP contribution in [0, 0.1) is 5.92 Å². The highest BCUT2D eigenvalue weighted by Crippen LogP contribution is 2.16. The molecule has 0 saturated heterocycles. The van der Waals surface area contributed by atoms with Crippen molar-refractivity contribution in [1.82, 2.24) is 10.6 Å². The summed E-state index contributed by atoms with van der Waals surface area (Å²) >= 11 is 0. The summed E-state index contributed by atoms with van der Waals surface area (Å²) in [6.45, 7) is -0.883. The zero-order chi connectivity index (χ0) is 12.7. The van der Waals surface area contributed by atoms with Gasteiger partial charge in [0.15, 0.2) is 0 Å². The molecule has 1 amide bonds. The van der Waals surface area contributed by atoms with Crippen LogP contribution in [0.15, 0.2) is 12.2 Å². The highest BCUT2D eigenvalue weighted by molar-refractivity contribution is 5.77. The summed E-state index contributed by atoms with van der Waals surface area (Å²) in [5.41, 5.74) is 0. The molecule has 2 N–H and O–H groups in total. The summed E-state index contributed by atoms with van der Waals surface area (Å²) in [5, 5.41) is 4.70. The van der Waals surface area contributed by atoms with E-state index >= 15 is 0 Å². The maximum atomic E-state index is 11.8. The molecule has 0 spiro atoms. The molecule has 0 aromatic heterocycles. The number of hydrogen-bond acceptors (Lipinski definition) is 2. The predicted molar refractivity (Wildman–Crippen MR) is 58.4 cm³/mol. The van der Waals surface area contributed by atoms with Gasteiger partial charge in [-0.3, -0.25) is 4.79 Å². The summed E-state index contributed by atoms with van der Waals surface area (Å²) in [4.78, 5) is 11.2. The van der Waals surface area contributed by atoms with Crippen LogP contribution in [0.5, 0.6) is 0 Å². The molecule has 0 aliphatic heterocycles. The summed E-state index contributed by atoms with van der Waals surface area (Å²) in [6, 6.07) is 0.